The first-order chi connectivity index (χ1) is 2.77. The fraction of sp³-hybridized carbons (Fsp3) is 0.500. The van der Waals surface area contributed by atoms with Crippen molar-refractivity contribution in [2.45, 2.75) is 0 Å². The Morgan fingerprint density at radius 1 is 2.00 bits per heavy atom. The smallest absolute Gasteiger partial charge is 0.0647 e. The molecule has 0 aromatic carbocycles. The molecule has 0 unspecified atom stereocenters. The molecule has 0 spiro atoms. The van der Waals surface area contributed by atoms with Gasteiger partial charge in [0, 0.05) is 0 Å². The molecule has 0 atom stereocenters. The lowest BCUT2D eigenvalue weighted by atomic mass is 10.8. The van der Waals surface area contributed by atoms with Crippen molar-refractivity contribution in [3.05, 3.63) is 0 Å². The molecule has 0 aliphatic rings. The van der Waals surface area contributed by atoms with Crippen LogP contribution in [-0.4, -0.2) is 11.7 Å². The number of carbonyl (C=O) groups excluding carboxylic acids is 1. The lowest BCUT2D eigenvalue weighted by molar-refractivity contribution is -0.301. The zero-order valence-electron chi connectivity index (χ0n) is 2.81. The first-order valence-electron chi connectivity index (χ1n) is 1.20. The molecule has 0 saturated heterocycles. The van der Waals surface area contributed by atoms with Gasteiger partial charge in [-0.15, -0.1) is 0 Å². The van der Waals surface area contributed by atoms with Crippen molar-refractivity contribution in [2.75, 3.05) is 5.75 Å². The molecule has 0 saturated carbocycles. The summed E-state index contributed by atoms with van der Waals surface area (Å²) >= 11 is -0.252. The maximum absolute atomic E-state index is 10.7. The molecule has 0 bridgehead atoms. The van der Waals surface area contributed by atoms with Crippen LogP contribution in [0, 0.1) is 0 Å². The Kier molecular flexibility index (Phi) is 2.84. The van der Waals surface area contributed by atoms with Crippen LogP contribution in [0.4, 0.5) is 3.89 Å². The predicted octanol–water partition coefficient (Wildman–Crippen LogP) is -0.646. The molecule has 0 heterocycles. The van der Waals surface area contributed by atoms with E-state index in [1.54, 1.807) is 0 Å². The molecule has 0 aliphatic heterocycles. The van der Waals surface area contributed by atoms with Gasteiger partial charge >= 0.3 is 0 Å². The number of hydrogen-bond donors (Lipinski definition) is 0. The van der Waals surface area contributed by atoms with Gasteiger partial charge in [0.2, 0.25) is 0 Å². The Hall–Kier alpha value is -0.250. The van der Waals surface area contributed by atoms with Crippen molar-refractivity contribution < 1.29 is 13.8 Å². The average Bonchev–Trinajstić information content (AvgIpc) is 1.35. The summed E-state index contributed by atoms with van der Waals surface area (Å²) in [6, 6.07) is 0. The standard InChI is InChI=1S/C2H3FO2S/c3-6-1-2(4)5/h1H2,(H,4,5)/p-1. The first-order valence-corrected chi connectivity index (χ1v) is 2.09. The summed E-state index contributed by atoms with van der Waals surface area (Å²) in [6.07, 6.45) is 0. The van der Waals surface area contributed by atoms with Crippen molar-refractivity contribution in [3.63, 3.8) is 0 Å². The molecule has 0 aromatic heterocycles. The molecule has 36 valence electrons. The van der Waals surface area contributed by atoms with E-state index in [1.807, 2.05) is 0 Å². The molecule has 0 aliphatic carbocycles. The predicted molar refractivity (Wildman–Crippen MR) is 18.6 cm³/mol. The number of rotatable bonds is 2. The monoisotopic (exact) mass is 109 g/mol. The summed E-state index contributed by atoms with van der Waals surface area (Å²) in [5.41, 5.74) is 0. The molecular weight excluding hydrogens is 107 g/mol. The van der Waals surface area contributed by atoms with E-state index in [2.05, 4.69) is 0 Å². The lowest BCUT2D eigenvalue weighted by Gasteiger charge is -1.89. The van der Waals surface area contributed by atoms with Crippen LogP contribution >= 0.6 is 12.1 Å². The Labute approximate surface area is 38.6 Å². The summed E-state index contributed by atoms with van der Waals surface area (Å²) in [6.45, 7) is 0. The maximum atomic E-state index is 10.7. The molecule has 2 nitrogen and oxygen atoms in total. The van der Waals surface area contributed by atoms with E-state index < -0.39 is 11.7 Å². The first kappa shape index (κ1) is 5.75. The normalized spacial score (nSPS) is 8.17. The fourth-order valence-corrected chi connectivity index (χ4v) is 0.134. The van der Waals surface area contributed by atoms with E-state index in [4.69, 9.17) is 0 Å². The number of carboxylic acids is 1. The van der Waals surface area contributed by atoms with E-state index in [0.717, 1.165) is 0 Å². The van der Waals surface area contributed by atoms with Gasteiger partial charge in [-0.3, -0.25) is 0 Å². The van der Waals surface area contributed by atoms with Crippen molar-refractivity contribution in [3.8, 4) is 0 Å². The van der Waals surface area contributed by atoms with Crippen LogP contribution in [0.5, 0.6) is 0 Å². The zero-order valence-corrected chi connectivity index (χ0v) is 3.63. The highest BCUT2D eigenvalue weighted by Gasteiger charge is 1.79. The van der Waals surface area contributed by atoms with E-state index in [9.17, 15) is 13.8 Å². The van der Waals surface area contributed by atoms with Crippen molar-refractivity contribution in [2.24, 2.45) is 0 Å². The molecule has 0 aromatic rings. The van der Waals surface area contributed by atoms with Gasteiger partial charge in [0.25, 0.3) is 0 Å². The van der Waals surface area contributed by atoms with Crippen LogP contribution in [0.1, 0.15) is 0 Å². The summed E-state index contributed by atoms with van der Waals surface area (Å²) in [7, 11) is 0. The van der Waals surface area contributed by atoms with Gasteiger partial charge < -0.3 is 9.90 Å². The highest BCUT2D eigenvalue weighted by atomic mass is 32.2. The Morgan fingerprint density at radius 2 is 2.50 bits per heavy atom. The van der Waals surface area contributed by atoms with E-state index in [-0.39, 0.29) is 12.1 Å². The molecule has 0 amide bonds. The lowest BCUT2D eigenvalue weighted by Crippen LogP contribution is -2.23. The molecule has 0 radical (unpaired) electrons. The van der Waals surface area contributed by atoms with Gasteiger partial charge in [-0.05, 0) is 0 Å². The summed E-state index contributed by atoms with van der Waals surface area (Å²) in [4.78, 5) is 9.23. The van der Waals surface area contributed by atoms with Crippen LogP contribution < -0.4 is 5.11 Å². The summed E-state index contributed by atoms with van der Waals surface area (Å²) < 4.78 is 10.7. The second kappa shape index (κ2) is 2.96. The third kappa shape index (κ3) is 3.75. The number of carboxylic acid groups (broad SMARTS) is 1. The largest absolute Gasteiger partial charge is 0.549 e. The Morgan fingerprint density at radius 3 is 2.50 bits per heavy atom. The van der Waals surface area contributed by atoms with E-state index in [0.29, 0.717) is 0 Å². The second-order valence-corrected chi connectivity index (χ2v) is 1.13. The number of aliphatic carboxylic acids is 1. The van der Waals surface area contributed by atoms with Gasteiger partial charge in [0.05, 0.1) is 23.9 Å². The molecule has 0 N–H and O–H groups in total. The third-order valence-electron chi connectivity index (χ3n) is 0.172. The quantitative estimate of drug-likeness (QED) is 0.473. The number of carbonyl (C=O) groups is 1. The fourth-order valence-electron chi connectivity index (χ4n) is 0.0445. The van der Waals surface area contributed by atoms with E-state index in [1.165, 1.54) is 0 Å². The Balaban J connectivity index is 2.83. The summed E-state index contributed by atoms with van der Waals surface area (Å²) in [5.74, 6) is -1.94. The third-order valence-corrected chi connectivity index (χ3v) is 0.517. The highest BCUT2D eigenvalue weighted by molar-refractivity contribution is 7.94. The summed E-state index contributed by atoms with van der Waals surface area (Å²) in [5, 5.41) is 9.23. The molecule has 4 heteroatoms. The van der Waals surface area contributed by atoms with Crippen LogP contribution in [0.25, 0.3) is 0 Å². The minimum atomic E-state index is -1.37. The van der Waals surface area contributed by atoms with Crippen LogP contribution in [-0.2, 0) is 4.79 Å². The van der Waals surface area contributed by atoms with Gasteiger partial charge in [0.1, 0.15) is 0 Å². The Bertz CT molecular complexity index is 55.5. The minimum absolute atomic E-state index is 0.252. The van der Waals surface area contributed by atoms with Crippen LogP contribution in [0.2, 0.25) is 0 Å². The SMILES string of the molecule is O=C([O-])CSF. The molecule has 6 heavy (non-hydrogen) atoms. The van der Waals surface area contributed by atoms with Crippen molar-refractivity contribution in [1.82, 2.24) is 0 Å². The topological polar surface area (TPSA) is 40.1 Å². The molecule has 0 fully saturated rings. The van der Waals surface area contributed by atoms with E-state index >= 15 is 0 Å². The van der Waals surface area contributed by atoms with Crippen LogP contribution in [0.15, 0.2) is 0 Å². The number of hydrogen-bond acceptors (Lipinski definition) is 3. The minimum Gasteiger partial charge on any atom is -0.549 e. The molecule has 0 rings (SSSR count). The van der Waals surface area contributed by atoms with Gasteiger partial charge in [0.15, 0.2) is 0 Å². The maximum Gasteiger partial charge on any atom is 0.0647 e. The number of halogens is 1. The van der Waals surface area contributed by atoms with Gasteiger partial charge in [-0.2, -0.15) is 3.89 Å². The molecular formula is C2H2FO2S-. The second-order valence-electron chi connectivity index (χ2n) is 0.625. The zero-order chi connectivity index (χ0) is 4.99. The van der Waals surface area contributed by atoms with Crippen LogP contribution in [0.3, 0.4) is 0 Å². The van der Waals surface area contributed by atoms with Crippen molar-refractivity contribution >= 4 is 18.1 Å². The highest BCUT2D eigenvalue weighted by Crippen LogP contribution is 1.95. The van der Waals surface area contributed by atoms with Crippen molar-refractivity contribution in [1.29, 1.82) is 0 Å². The average molecular weight is 109 g/mol. The van der Waals surface area contributed by atoms with Gasteiger partial charge in [-0.25, -0.2) is 0 Å². The van der Waals surface area contributed by atoms with Gasteiger partial charge in [-0.1, -0.05) is 0 Å².